The van der Waals surface area contributed by atoms with Gasteiger partial charge in [-0.15, -0.1) is 0 Å². The molecule has 18 heavy (non-hydrogen) atoms. The topological polar surface area (TPSA) is 39.1 Å². The number of hydrogen-bond acceptors (Lipinski definition) is 2. The zero-order valence-corrected chi connectivity index (χ0v) is 11.1. The Hall–Kier alpha value is -1.36. The molecule has 0 saturated heterocycles. The van der Waals surface area contributed by atoms with Crippen LogP contribution in [0.25, 0.3) is 10.9 Å². The largest absolute Gasteiger partial charge is 0.347 e. The molecule has 2 rings (SSSR count). The molecule has 0 N–H and O–H groups in total. The molecule has 1 aromatic carbocycles. The number of aromatic nitrogens is 1. The molecule has 0 aliphatic carbocycles. The monoisotopic (exact) mass is 269 g/mol. The van der Waals surface area contributed by atoms with Gasteiger partial charge in [-0.05, 0) is 30.7 Å². The molecule has 0 aliphatic heterocycles. The zero-order chi connectivity index (χ0) is 13.2. The van der Waals surface area contributed by atoms with Crippen LogP contribution in [0.15, 0.2) is 30.5 Å². The van der Waals surface area contributed by atoms with Gasteiger partial charge >= 0.3 is 0 Å². The minimum absolute atomic E-state index is 0.185. The van der Waals surface area contributed by atoms with E-state index in [4.69, 9.17) is 0 Å². The van der Waals surface area contributed by atoms with Crippen LogP contribution in [0.4, 0.5) is 4.39 Å². The van der Waals surface area contributed by atoms with Crippen molar-refractivity contribution in [2.45, 2.75) is 19.9 Å². The lowest BCUT2D eigenvalue weighted by Crippen LogP contribution is -2.10. The number of halogens is 1. The van der Waals surface area contributed by atoms with E-state index in [-0.39, 0.29) is 17.3 Å². The van der Waals surface area contributed by atoms with E-state index in [0.29, 0.717) is 13.0 Å². The number of hydrogen-bond donors (Lipinski definition) is 0. The Balaban J connectivity index is 2.09. The van der Waals surface area contributed by atoms with Crippen LogP contribution in [-0.2, 0) is 16.4 Å². The summed E-state index contributed by atoms with van der Waals surface area (Å²) in [6.07, 6.45) is 2.44. The van der Waals surface area contributed by atoms with E-state index >= 15 is 0 Å². The van der Waals surface area contributed by atoms with E-state index in [1.54, 1.807) is 13.0 Å². The van der Waals surface area contributed by atoms with E-state index in [1.165, 1.54) is 12.1 Å². The highest BCUT2D eigenvalue weighted by atomic mass is 32.2. The highest BCUT2D eigenvalue weighted by molar-refractivity contribution is 7.91. The van der Waals surface area contributed by atoms with Gasteiger partial charge in [0.05, 0.1) is 5.75 Å². The molecule has 0 fully saturated rings. The number of rotatable bonds is 5. The quantitative estimate of drug-likeness (QED) is 0.837. The van der Waals surface area contributed by atoms with Crippen LogP contribution in [0.5, 0.6) is 0 Å². The molecule has 98 valence electrons. The fraction of sp³-hybridized carbons (Fsp3) is 0.385. The zero-order valence-electron chi connectivity index (χ0n) is 10.3. The third-order valence-electron chi connectivity index (χ3n) is 3.03. The maximum atomic E-state index is 13.0. The molecular weight excluding hydrogens is 253 g/mol. The van der Waals surface area contributed by atoms with Crippen molar-refractivity contribution in [2.24, 2.45) is 0 Å². The number of nitrogens with zero attached hydrogens (tertiary/aromatic N) is 1. The molecule has 0 unspecified atom stereocenters. The predicted molar refractivity (Wildman–Crippen MR) is 70.8 cm³/mol. The van der Waals surface area contributed by atoms with Crippen LogP contribution in [0.1, 0.15) is 13.3 Å². The van der Waals surface area contributed by atoms with Crippen molar-refractivity contribution >= 4 is 20.7 Å². The highest BCUT2D eigenvalue weighted by Gasteiger charge is 2.07. The fourth-order valence-electron chi connectivity index (χ4n) is 1.97. The maximum absolute atomic E-state index is 13.0. The standard InChI is InChI=1S/C13H16FNO2S/c1-2-18(16,17)9-3-7-15-8-6-11-10-12(14)4-5-13(11)15/h4-6,8,10H,2-3,7,9H2,1H3. The van der Waals surface area contributed by atoms with E-state index in [2.05, 4.69) is 0 Å². The van der Waals surface area contributed by atoms with Crippen molar-refractivity contribution in [1.29, 1.82) is 0 Å². The second kappa shape index (κ2) is 5.10. The maximum Gasteiger partial charge on any atom is 0.150 e. The highest BCUT2D eigenvalue weighted by Crippen LogP contribution is 2.17. The van der Waals surface area contributed by atoms with Crippen LogP contribution in [0, 0.1) is 5.82 Å². The first kappa shape index (κ1) is 13.1. The molecule has 0 amide bonds. The minimum atomic E-state index is -2.91. The summed E-state index contributed by atoms with van der Waals surface area (Å²) < 4.78 is 37.7. The van der Waals surface area contributed by atoms with E-state index in [9.17, 15) is 12.8 Å². The first-order chi connectivity index (χ1) is 8.52. The molecule has 0 bridgehead atoms. The van der Waals surface area contributed by atoms with Crippen molar-refractivity contribution in [1.82, 2.24) is 4.57 Å². The molecule has 0 saturated carbocycles. The van der Waals surface area contributed by atoms with Gasteiger partial charge in [0, 0.05) is 29.4 Å². The second-order valence-electron chi connectivity index (χ2n) is 4.30. The van der Waals surface area contributed by atoms with Crippen LogP contribution < -0.4 is 0 Å². The SMILES string of the molecule is CCS(=O)(=O)CCCn1ccc2cc(F)ccc21. The third-order valence-corrected chi connectivity index (χ3v) is 4.82. The van der Waals surface area contributed by atoms with Crippen molar-refractivity contribution in [3.05, 3.63) is 36.3 Å². The molecule has 0 spiro atoms. The second-order valence-corrected chi connectivity index (χ2v) is 6.77. The van der Waals surface area contributed by atoms with Gasteiger partial charge < -0.3 is 4.57 Å². The molecule has 1 aromatic heterocycles. The molecule has 0 atom stereocenters. The molecule has 0 radical (unpaired) electrons. The summed E-state index contributed by atoms with van der Waals surface area (Å²) in [5.41, 5.74) is 0.935. The lowest BCUT2D eigenvalue weighted by molar-refractivity contribution is 0.589. The third kappa shape index (κ3) is 2.90. The Labute approximate surface area is 106 Å². The first-order valence-electron chi connectivity index (χ1n) is 5.96. The smallest absolute Gasteiger partial charge is 0.150 e. The average Bonchev–Trinajstić information content (AvgIpc) is 2.71. The van der Waals surface area contributed by atoms with Gasteiger partial charge in [-0.3, -0.25) is 0 Å². The number of benzene rings is 1. The predicted octanol–water partition coefficient (Wildman–Crippen LogP) is 2.61. The first-order valence-corrected chi connectivity index (χ1v) is 7.79. The summed E-state index contributed by atoms with van der Waals surface area (Å²) in [6, 6.07) is 6.46. The van der Waals surface area contributed by atoms with Gasteiger partial charge in [0.2, 0.25) is 0 Å². The van der Waals surface area contributed by atoms with Gasteiger partial charge in [-0.2, -0.15) is 0 Å². The van der Waals surface area contributed by atoms with Gasteiger partial charge in [0.1, 0.15) is 15.7 Å². The Bertz CT molecular complexity index is 646. The van der Waals surface area contributed by atoms with Crippen LogP contribution in [-0.4, -0.2) is 24.5 Å². The van der Waals surface area contributed by atoms with E-state index < -0.39 is 9.84 Å². The summed E-state index contributed by atoms with van der Waals surface area (Å²) >= 11 is 0. The Morgan fingerprint density at radius 2 is 2.06 bits per heavy atom. The van der Waals surface area contributed by atoms with Crippen LogP contribution in [0.3, 0.4) is 0 Å². The van der Waals surface area contributed by atoms with Crippen LogP contribution >= 0.6 is 0 Å². The lowest BCUT2D eigenvalue weighted by atomic mass is 10.2. The summed E-state index contributed by atoms with van der Waals surface area (Å²) in [7, 11) is -2.91. The Kier molecular flexibility index (Phi) is 3.71. The number of fused-ring (bicyclic) bond motifs is 1. The Morgan fingerprint density at radius 3 is 2.78 bits per heavy atom. The van der Waals surface area contributed by atoms with Crippen molar-refractivity contribution in [2.75, 3.05) is 11.5 Å². The summed E-state index contributed by atoms with van der Waals surface area (Å²) in [5.74, 6) is 0.128. The molecule has 3 nitrogen and oxygen atoms in total. The van der Waals surface area contributed by atoms with Crippen molar-refractivity contribution in [3.8, 4) is 0 Å². The average molecular weight is 269 g/mol. The number of aryl methyl sites for hydroxylation is 1. The molecule has 2 aromatic rings. The molecule has 5 heteroatoms. The lowest BCUT2D eigenvalue weighted by Gasteiger charge is -2.05. The van der Waals surface area contributed by atoms with Crippen molar-refractivity contribution < 1.29 is 12.8 Å². The normalized spacial score (nSPS) is 12.1. The minimum Gasteiger partial charge on any atom is -0.347 e. The molecular formula is C13H16FNO2S. The van der Waals surface area contributed by atoms with Gasteiger partial charge in [0.25, 0.3) is 0 Å². The van der Waals surface area contributed by atoms with E-state index in [0.717, 1.165) is 10.9 Å². The van der Waals surface area contributed by atoms with Gasteiger partial charge in [0.15, 0.2) is 0 Å². The van der Waals surface area contributed by atoms with Crippen LogP contribution in [0.2, 0.25) is 0 Å². The van der Waals surface area contributed by atoms with Crippen molar-refractivity contribution in [3.63, 3.8) is 0 Å². The summed E-state index contributed by atoms with van der Waals surface area (Å²) in [4.78, 5) is 0. The fourth-order valence-corrected chi connectivity index (χ4v) is 2.82. The summed E-state index contributed by atoms with van der Waals surface area (Å²) in [5, 5.41) is 0.841. The Morgan fingerprint density at radius 1 is 1.28 bits per heavy atom. The van der Waals surface area contributed by atoms with E-state index in [1.807, 2.05) is 16.8 Å². The molecule has 1 heterocycles. The van der Waals surface area contributed by atoms with Gasteiger partial charge in [-0.1, -0.05) is 6.92 Å². The molecule has 0 aliphatic rings. The number of sulfone groups is 1. The van der Waals surface area contributed by atoms with Gasteiger partial charge in [-0.25, -0.2) is 12.8 Å². The summed E-state index contributed by atoms with van der Waals surface area (Å²) in [6.45, 7) is 2.29.